The van der Waals surface area contributed by atoms with Crippen LogP contribution in [0.5, 0.6) is 0 Å². The zero-order valence-corrected chi connectivity index (χ0v) is 47.4. The molecule has 0 bridgehead atoms. The molecule has 0 heterocycles. The van der Waals surface area contributed by atoms with Crippen molar-refractivity contribution in [3.05, 3.63) is 0 Å². The fraction of sp³-hybridized carbons (Fsp3) is 0.948. The van der Waals surface area contributed by atoms with Crippen molar-refractivity contribution in [2.24, 2.45) is 0 Å². The van der Waals surface area contributed by atoms with E-state index in [0.717, 1.165) is 57.8 Å². The molecule has 0 aliphatic heterocycles. The van der Waals surface area contributed by atoms with Crippen LogP contribution >= 0.6 is 0 Å². The molecule has 0 amide bonds. The van der Waals surface area contributed by atoms with E-state index in [-0.39, 0.29) is 37.2 Å². The third kappa shape index (κ3) is 50.9. The molecule has 0 saturated carbocycles. The molecule has 0 N–H and O–H groups in total. The van der Waals surface area contributed by atoms with E-state index in [0.29, 0.717) is 0 Å². The van der Waals surface area contributed by atoms with Crippen LogP contribution in [-0.4, -0.2) is 37.5 Å². The normalized spacial score (nSPS) is 11.6. The predicted molar refractivity (Wildman–Crippen MR) is 282 cm³/mol. The second-order valence-corrected chi connectivity index (χ2v) is 27.1. The fourth-order valence-corrected chi connectivity index (χ4v) is 14.1. The molecule has 0 aromatic carbocycles. The fourth-order valence-electron chi connectivity index (χ4n) is 9.29. The van der Waals surface area contributed by atoms with Gasteiger partial charge < -0.3 is 0 Å². The van der Waals surface area contributed by atoms with Crippen molar-refractivity contribution in [2.75, 3.05) is 0 Å². The number of carbonyl (C=O) groups is 3. The second-order valence-electron chi connectivity index (χ2n) is 20.4. The Labute approximate surface area is 412 Å². The van der Waals surface area contributed by atoms with Crippen LogP contribution in [0.4, 0.5) is 0 Å². The van der Waals surface area contributed by atoms with Gasteiger partial charge in [0.25, 0.3) is 0 Å². The molecule has 0 atom stereocenters. The number of hydrogen-bond donors (Lipinski definition) is 0. The Morgan fingerprint density at radius 2 is 0.354 bits per heavy atom. The summed E-state index contributed by atoms with van der Waals surface area (Å²) in [5.41, 5.74) is 0. The standard InChI is InChI=1S/3C19H38O2.CH3.Sn/c3*1-2-3-4-5-6-7-8-9-10-11-12-13-14-15-16-17-18-19(20)21;;/h3*2-18H2,1H3,(H,20,21);1H3;/q;;;;+3/p-3. The van der Waals surface area contributed by atoms with Crippen molar-refractivity contribution in [3.63, 3.8) is 0 Å². The van der Waals surface area contributed by atoms with E-state index in [2.05, 4.69) is 20.8 Å². The molecule has 0 saturated heterocycles. The van der Waals surface area contributed by atoms with Gasteiger partial charge in [0.2, 0.25) is 0 Å². The molecule has 0 aromatic rings. The summed E-state index contributed by atoms with van der Waals surface area (Å²) < 4.78 is 17.6. The van der Waals surface area contributed by atoms with Crippen molar-refractivity contribution in [2.45, 2.75) is 353 Å². The topological polar surface area (TPSA) is 78.9 Å². The number of carbonyl (C=O) groups excluding carboxylic acids is 3. The Kier molecular flexibility index (Phi) is 51.9. The monoisotopic (exact) mass is 1030 g/mol. The second kappa shape index (κ2) is 52.6. The molecule has 0 fully saturated rings. The average Bonchev–Trinajstić information content (AvgIpc) is 3.28. The molecule has 0 spiro atoms. The number of rotatable bonds is 54. The first-order valence-corrected chi connectivity index (χ1v) is 35.9. The summed E-state index contributed by atoms with van der Waals surface area (Å²) >= 11 is -4.74. The molecule has 0 aliphatic carbocycles. The van der Waals surface area contributed by atoms with Gasteiger partial charge in [0, 0.05) is 0 Å². The Morgan fingerprint density at radius 1 is 0.231 bits per heavy atom. The SMILES string of the molecule is CCCCCCCCCCCCCCCCCCC(=O)[O][Sn]([CH3])([O]C(=O)CCCCCCCCCCCCCCCCCC)[O]C(=O)CCCCCCCCCCCCCCCCCC. The number of hydrogen-bond acceptors (Lipinski definition) is 6. The quantitative estimate of drug-likeness (QED) is 0.0446. The van der Waals surface area contributed by atoms with Gasteiger partial charge in [-0.2, -0.15) is 0 Å². The van der Waals surface area contributed by atoms with Crippen molar-refractivity contribution in [3.8, 4) is 0 Å². The van der Waals surface area contributed by atoms with Gasteiger partial charge in [-0.15, -0.1) is 0 Å². The van der Waals surface area contributed by atoms with Gasteiger partial charge in [0.15, 0.2) is 0 Å². The zero-order valence-electron chi connectivity index (χ0n) is 44.5. The van der Waals surface area contributed by atoms with Crippen LogP contribution in [0.25, 0.3) is 0 Å². The van der Waals surface area contributed by atoms with Gasteiger partial charge in [0.05, 0.1) is 0 Å². The molecular formula is C58H114O6Sn. The van der Waals surface area contributed by atoms with E-state index in [1.807, 2.05) is 0 Å². The molecule has 0 aromatic heterocycles. The van der Waals surface area contributed by atoms with Crippen LogP contribution in [0.1, 0.15) is 348 Å². The molecule has 386 valence electrons. The van der Waals surface area contributed by atoms with Gasteiger partial charge >= 0.3 is 259 Å². The summed E-state index contributed by atoms with van der Waals surface area (Å²) in [6.07, 6.45) is 62.1. The molecule has 65 heavy (non-hydrogen) atoms. The molecule has 0 rings (SSSR count). The third-order valence-corrected chi connectivity index (χ3v) is 18.7. The summed E-state index contributed by atoms with van der Waals surface area (Å²) in [5, 5.41) is 0. The van der Waals surface area contributed by atoms with Crippen LogP contribution in [0.15, 0.2) is 0 Å². The van der Waals surface area contributed by atoms with Crippen LogP contribution in [0.3, 0.4) is 0 Å². The maximum absolute atomic E-state index is 13.1. The maximum atomic E-state index is 13.1. The van der Waals surface area contributed by atoms with Crippen molar-refractivity contribution in [1.29, 1.82) is 0 Å². The van der Waals surface area contributed by atoms with Crippen molar-refractivity contribution in [1.82, 2.24) is 0 Å². The molecule has 0 unspecified atom stereocenters. The molecule has 0 aliphatic rings. The summed E-state index contributed by atoms with van der Waals surface area (Å²) in [6.45, 7) is 6.84. The predicted octanol–water partition coefficient (Wildman–Crippen LogP) is 20.1. The first kappa shape index (κ1) is 64.2. The minimum atomic E-state index is -4.74. The summed E-state index contributed by atoms with van der Waals surface area (Å²) in [5.74, 6) is -1.17. The van der Waals surface area contributed by atoms with E-state index in [1.165, 1.54) is 250 Å². The Balaban J connectivity index is 4.43. The molecule has 7 heteroatoms. The van der Waals surface area contributed by atoms with Gasteiger partial charge in [-0.3, -0.25) is 0 Å². The average molecular weight is 1030 g/mol. The van der Waals surface area contributed by atoms with Gasteiger partial charge in [-0.25, -0.2) is 0 Å². The van der Waals surface area contributed by atoms with Gasteiger partial charge in [0.1, 0.15) is 0 Å². The molecule has 0 radical (unpaired) electrons. The number of unbranched alkanes of at least 4 members (excludes halogenated alkanes) is 45. The summed E-state index contributed by atoms with van der Waals surface area (Å²) in [6, 6.07) is 0. The first-order chi connectivity index (χ1) is 31.9. The first-order valence-electron chi connectivity index (χ1n) is 29.5. The van der Waals surface area contributed by atoms with E-state index in [1.54, 1.807) is 4.94 Å². The third-order valence-electron chi connectivity index (χ3n) is 13.6. The van der Waals surface area contributed by atoms with E-state index < -0.39 is 19.6 Å². The van der Waals surface area contributed by atoms with E-state index >= 15 is 0 Å². The smallest absolute Gasteiger partial charge is 0.0654 e. The summed E-state index contributed by atoms with van der Waals surface area (Å²) in [7, 11) is 0. The molecule has 6 nitrogen and oxygen atoms in total. The Bertz CT molecular complexity index is 881. The summed E-state index contributed by atoms with van der Waals surface area (Å²) in [4.78, 5) is 40.8. The van der Waals surface area contributed by atoms with Gasteiger partial charge in [-0.05, 0) is 0 Å². The van der Waals surface area contributed by atoms with Crippen molar-refractivity contribution < 1.29 is 23.6 Å². The van der Waals surface area contributed by atoms with Crippen LogP contribution in [0.2, 0.25) is 4.94 Å². The van der Waals surface area contributed by atoms with Crippen LogP contribution < -0.4 is 0 Å². The Hall–Kier alpha value is -0.791. The van der Waals surface area contributed by atoms with E-state index in [4.69, 9.17) is 9.22 Å². The molecular weight excluding hydrogens is 911 g/mol. The van der Waals surface area contributed by atoms with Crippen LogP contribution in [0, 0.1) is 0 Å². The van der Waals surface area contributed by atoms with Crippen LogP contribution in [-0.2, 0) is 23.6 Å². The minimum Gasteiger partial charge on any atom is -0.0654 e. The zero-order chi connectivity index (χ0) is 47.4. The minimum absolute atomic E-state index is 0.276. The van der Waals surface area contributed by atoms with E-state index in [9.17, 15) is 14.4 Å². The van der Waals surface area contributed by atoms with Gasteiger partial charge in [-0.1, -0.05) is 156 Å². The Morgan fingerprint density at radius 3 is 0.492 bits per heavy atom. The van der Waals surface area contributed by atoms with Crippen molar-refractivity contribution >= 4 is 37.5 Å².